The van der Waals surface area contributed by atoms with Crippen molar-refractivity contribution in [3.8, 4) is 5.75 Å². The van der Waals surface area contributed by atoms with Gasteiger partial charge >= 0.3 is 0 Å². The number of amides is 2. The van der Waals surface area contributed by atoms with Crippen molar-refractivity contribution in [1.82, 2.24) is 9.80 Å². The Kier molecular flexibility index (Phi) is 6.07. The molecule has 5 nitrogen and oxygen atoms in total. The molecule has 0 saturated carbocycles. The van der Waals surface area contributed by atoms with E-state index >= 15 is 0 Å². The molecule has 1 unspecified atom stereocenters. The van der Waals surface area contributed by atoms with Crippen LogP contribution < -0.4 is 4.74 Å². The lowest BCUT2D eigenvalue weighted by Crippen LogP contribution is -2.38. The van der Waals surface area contributed by atoms with Crippen molar-refractivity contribution in [2.24, 2.45) is 5.41 Å². The highest BCUT2D eigenvalue weighted by atomic mass is 16.5. The molecule has 0 aromatic heterocycles. The molecule has 4 rings (SSSR count). The predicted molar refractivity (Wildman–Crippen MR) is 116 cm³/mol. The second kappa shape index (κ2) is 8.90. The third-order valence-corrected chi connectivity index (χ3v) is 6.35. The topological polar surface area (TPSA) is 49.9 Å². The Labute approximate surface area is 178 Å². The Hall–Kier alpha value is -2.82. The van der Waals surface area contributed by atoms with Gasteiger partial charge in [0, 0.05) is 31.7 Å². The van der Waals surface area contributed by atoms with Crippen molar-refractivity contribution < 1.29 is 14.3 Å². The quantitative estimate of drug-likeness (QED) is 0.705. The maximum absolute atomic E-state index is 13.0. The summed E-state index contributed by atoms with van der Waals surface area (Å²) in [6, 6.07) is 17.7. The summed E-state index contributed by atoms with van der Waals surface area (Å²) < 4.78 is 6.01. The van der Waals surface area contributed by atoms with Gasteiger partial charge in [-0.3, -0.25) is 9.59 Å². The summed E-state index contributed by atoms with van der Waals surface area (Å²) in [4.78, 5) is 29.8. The van der Waals surface area contributed by atoms with Gasteiger partial charge in [-0.05, 0) is 30.9 Å². The normalized spacial score (nSPS) is 20.9. The third-order valence-electron chi connectivity index (χ3n) is 6.35. The average Bonchev–Trinajstić information content (AvgIpc) is 3.34. The van der Waals surface area contributed by atoms with E-state index in [9.17, 15) is 9.59 Å². The monoisotopic (exact) mass is 406 g/mol. The van der Waals surface area contributed by atoms with E-state index in [4.69, 9.17) is 4.74 Å². The number of para-hydroxylation sites is 1. The number of likely N-dealkylation sites (tertiary alicyclic amines) is 2. The molecule has 1 spiro atoms. The highest BCUT2D eigenvalue weighted by molar-refractivity contribution is 5.87. The van der Waals surface area contributed by atoms with E-state index in [1.165, 1.54) is 0 Å². The van der Waals surface area contributed by atoms with E-state index in [-0.39, 0.29) is 17.2 Å². The predicted octanol–water partition coefficient (Wildman–Crippen LogP) is 3.67. The van der Waals surface area contributed by atoms with Crippen LogP contribution in [0, 0.1) is 5.41 Å². The number of benzene rings is 2. The molecule has 0 aliphatic carbocycles. The van der Waals surface area contributed by atoms with Gasteiger partial charge in [0.05, 0.1) is 11.8 Å². The lowest BCUT2D eigenvalue weighted by Gasteiger charge is -2.23. The van der Waals surface area contributed by atoms with Crippen molar-refractivity contribution in [2.45, 2.75) is 39.2 Å². The summed E-state index contributed by atoms with van der Waals surface area (Å²) in [5, 5.41) is 0. The van der Waals surface area contributed by atoms with E-state index in [0.29, 0.717) is 26.1 Å². The molecule has 158 valence electrons. The van der Waals surface area contributed by atoms with Crippen LogP contribution >= 0.6 is 0 Å². The van der Waals surface area contributed by atoms with E-state index < -0.39 is 0 Å². The zero-order valence-corrected chi connectivity index (χ0v) is 17.7. The summed E-state index contributed by atoms with van der Waals surface area (Å²) in [6.45, 7) is 5.43. The molecule has 2 saturated heterocycles. The number of hydrogen-bond donors (Lipinski definition) is 0. The minimum absolute atomic E-state index is 0.0735. The standard InChI is InChI=1S/C25H30N2O3/c1-2-14-26-15-12-25(24(26)29)13-16-27(19-25)23(28)17-21-10-6-7-11-22(21)30-18-20-8-4-3-5-9-20/h3-11H,2,12-19H2,1H3. The Morgan fingerprint density at radius 2 is 1.77 bits per heavy atom. The van der Waals surface area contributed by atoms with Crippen LogP contribution in [0.1, 0.15) is 37.3 Å². The molecule has 2 aromatic rings. The van der Waals surface area contributed by atoms with Gasteiger partial charge in [-0.15, -0.1) is 0 Å². The maximum atomic E-state index is 13.0. The highest BCUT2D eigenvalue weighted by Gasteiger charge is 2.51. The minimum Gasteiger partial charge on any atom is -0.489 e. The first-order valence-corrected chi connectivity index (χ1v) is 10.9. The molecular weight excluding hydrogens is 376 g/mol. The first-order valence-electron chi connectivity index (χ1n) is 10.9. The van der Waals surface area contributed by atoms with Crippen molar-refractivity contribution >= 4 is 11.8 Å². The average molecular weight is 407 g/mol. The summed E-state index contributed by atoms with van der Waals surface area (Å²) in [5.41, 5.74) is 1.63. The minimum atomic E-state index is -0.353. The van der Waals surface area contributed by atoms with Gasteiger partial charge in [0.15, 0.2) is 0 Å². The zero-order chi connectivity index (χ0) is 21.0. The molecule has 30 heavy (non-hydrogen) atoms. The smallest absolute Gasteiger partial charge is 0.230 e. The van der Waals surface area contributed by atoms with E-state index in [1.807, 2.05) is 64.4 Å². The molecule has 2 heterocycles. The summed E-state index contributed by atoms with van der Waals surface area (Å²) in [5.74, 6) is 1.06. The number of rotatable bonds is 7. The van der Waals surface area contributed by atoms with Gasteiger partial charge in [-0.2, -0.15) is 0 Å². The van der Waals surface area contributed by atoms with Crippen LogP contribution in [0.4, 0.5) is 0 Å². The van der Waals surface area contributed by atoms with Crippen LogP contribution in [0.3, 0.4) is 0 Å². The van der Waals surface area contributed by atoms with Gasteiger partial charge < -0.3 is 14.5 Å². The zero-order valence-electron chi connectivity index (χ0n) is 17.7. The van der Waals surface area contributed by atoms with E-state index in [2.05, 4.69) is 6.92 Å². The first kappa shape index (κ1) is 20.5. The largest absolute Gasteiger partial charge is 0.489 e. The Morgan fingerprint density at radius 1 is 1.03 bits per heavy atom. The number of ether oxygens (including phenoxy) is 1. The molecule has 2 fully saturated rings. The second-order valence-corrected chi connectivity index (χ2v) is 8.45. The van der Waals surface area contributed by atoms with Gasteiger partial charge in [-0.1, -0.05) is 55.5 Å². The number of hydrogen-bond acceptors (Lipinski definition) is 3. The van der Waals surface area contributed by atoms with Crippen LogP contribution in [-0.4, -0.2) is 47.8 Å². The fraction of sp³-hybridized carbons (Fsp3) is 0.440. The van der Waals surface area contributed by atoms with Crippen molar-refractivity contribution in [3.63, 3.8) is 0 Å². The molecule has 0 radical (unpaired) electrons. The van der Waals surface area contributed by atoms with Crippen molar-refractivity contribution in [2.75, 3.05) is 26.2 Å². The molecule has 5 heteroatoms. The number of carbonyl (C=O) groups excluding carboxylic acids is 2. The molecule has 2 aliphatic heterocycles. The summed E-state index contributed by atoms with van der Waals surface area (Å²) in [7, 11) is 0. The van der Waals surface area contributed by atoms with Crippen LogP contribution in [-0.2, 0) is 22.6 Å². The lowest BCUT2D eigenvalue weighted by atomic mass is 9.85. The van der Waals surface area contributed by atoms with Gasteiger partial charge in [0.25, 0.3) is 0 Å². The number of nitrogens with zero attached hydrogens (tertiary/aromatic N) is 2. The fourth-order valence-corrected chi connectivity index (χ4v) is 4.64. The summed E-state index contributed by atoms with van der Waals surface area (Å²) in [6.07, 6.45) is 2.93. The van der Waals surface area contributed by atoms with E-state index in [0.717, 1.165) is 49.2 Å². The molecule has 0 N–H and O–H groups in total. The maximum Gasteiger partial charge on any atom is 0.230 e. The molecular formula is C25H30N2O3. The Balaban J connectivity index is 1.38. The van der Waals surface area contributed by atoms with Crippen molar-refractivity contribution in [3.05, 3.63) is 65.7 Å². The fourth-order valence-electron chi connectivity index (χ4n) is 4.64. The highest BCUT2D eigenvalue weighted by Crippen LogP contribution is 2.41. The first-order chi connectivity index (χ1) is 14.6. The number of carbonyl (C=O) groups is 2. The molecule has 0 bridgehead atoms. The summed E-state index contributed by atoms with van der Waals surface area (Å²) >= 11 is 0. The van der Waals surface area contributed by atoms with Gasteiger partial charge in [-0.25, -0.2) is 0 Å². The molecule has 2 aliphatic rings. The van der Waals surface area contributed by atoms with Gasteiger partial charge in [0.2, 0.25) is 11.8 Å². The lowest BCUT2D eigenvalue weighted by molar-refractivity contribution is -0.136. The molecule has 1 atom stereocenters. The van der Waals surface area contributed by atoms with Crippen LogP contribution in [0.5, 0.6) is 5.75 Å². The molecule has 2 aromatic carbocycles. The van der Waals surface area contributed by atoms with Crippen LogP contribution in [0.15, 0.2) is 54.6 Å². The Morgan fingerprint density at radius 3 is 2.57 bits per heavy atom. The Bertz CT molecular complexity index is 898. The second-order valence-electron chi connectivity index (χ2n) is 8.45. The third kappa shape index (κ3) is 4.20. The van der Waals surface area contributed by atoms with Crippen LogP contribution in [0.25, 0.3) is 0 Å². The van der Waals surface area contributed by atoms with Crippen molar-refractivity contribution in [1.29, 1.82) is 0 Å². The molecule has 2 amide bonds. The SMILES string of the molecule is CCCN1CCC2(CCN(C(=O)Cc3ccccc3OCc3ccccc3)C2)C1=O. The van der Waals surface area contributed by atoms with Crippen LogP contribution in [0.2, 0.25) is 0 Å². The van der Waals surface area contributed by atoms with E-state index in [1.54, 1.807) is 0 Å². The van der Waals surface area contributed by atoms with Gasteiger partial charge in [0.1, 0.15) is 12.4 Å².